The van der Waals surface area contributed by atoms with Crippen LogP contribution in [-0.2, 0) is 4.79 Å². The third-order valence-corrected chi connectivity index (χ3v) is 4.56. The number of rotatable bonds is 6. The van der Waals surface area contributed by atoms with E-state index in [0.717, 1.165) is 29.3 Å². The average molecular weight is 385 g/mol. The van der Waals surface area contributed by atoms with Gasteiger partial charge in [0.1, 0.15) is 5.75 Å². The topological polar surface area (TPSA) is 112 Å². The predicted octanol–water partition coefficient (Wildman–Crippen LogP) is 2.34. The van der Waals surface area contributed by atoms with Gasteiger partial charge in [-0.3, -0.25) is 29.1 Å². The van der Waals surface area contributed by atoms with Gasteiger partial charge in [0.05, 0.1) is 22.8 Å². The van der Waals surface area contributed by atoms with Gasteiger partial charge in [-0.2, -0.15) is 0 Å². The van der Waals surface area contributed by atoms with Crippen LogP contribution >= 0.6 is 0 Å². The van der Waals surface area contributed by atoms with Crippen LogP contribution in [-0.4, -0.2) is 34.3 Å². The van der Waals surface area contributed by atoms with Gasteiger partial charge in [0.2, 0.25) is 0 Å². The van der Waals surface area contributed by atoms with Crippen molar-refractivity contribution in [1.82, 2.24) is 4.57 Å². The van der Waals surface area contributed by atoms with Gasteiger partial charge < -0.3 is 9.64 Å². The van der Waals surface area contributed by atoms with Gasteiger partial charge in [-0.15, -0.1) is 0 Å². The number of Topliss-reactive ketones (excluding diaryl/α,β-unsaturated/α-hetero) is 1. The van der Waals surface area contributed by atoms with Crippen molar-refractivity contribution in [3.63, 3.8) is 0 Å². The molecule has 0 saturated heterocycles. The van der Waals surface area contributed by atoms with E-state index in [2.05, 4.69) is 0 Å². The van der Waals surface area contributed by atoms with Crippen molar-refractivity contribution in [3.05, 3.63) is 62.6 Å². The van der Waals surface area contributed by atoms with Gasteiger partial charge in [0, 0.05) is 24.2 Å². The zero-order valence-electron chi connectivity index (χ0n) is 15.5. The second kappa shape index (κ2) is 7.63. The number of aromatic nitrogens is 1. The summed E-state index contributed by atoms with van der Waals surface area (Å²) in [6, 6.07) is 5.93. The Morgan fingerprint density at radius 1 is 1.29 bits per heavy atom. The van der Waals surface area contributed by atoms with Crippen molar-refractivity contribution in [2.75, 3.05) is 18.1 Å². The Balaban J connectivity index is 1.97. The molecule has 1 unspecified atom stereocenters. The average Bonchev–Trinajstić information content (AvgIpc) is 2.69. The van der Waals surface area contributed by atoms with E-state index in [-0.39, 0.29) is 23.8 Å². The summed E-state index contributed by atoms with van der Waals surface area (Å²) in [7, 11) is 0. The highest BCUT2D eigenvalue weighted by atomic mass is 16.6. The van der Waals surface area contributed by atoms with Crippen molar-refractivity contribution in [3.8, 4) is 5.75 Å². The first-order valence-electron chi connectivity index (χ1n) is 8.81. The Hall–Kier alpha value is -3.49. The molecule has 3 rings (SSSR count). The largest absolute Gasteiger partial charge is 0.482 e. The summed E-state index contributed by atoms with van der Waals surface area (Å²) in [5.41, 5.74) is -0.0139. The maximum Gasteiger partial charge on any atom is 0.285 e. The molecule has 0 aliphatic carbocycles. The summed E-state index contributed by atoms with van der Waals surface area (Å²) in [4.78, 5) is 49.1. The molecule has 0 spiro atoms. The number of benzene rings is 1. The smallest absolute Gasteiger partial charge is 0.285 e. The van der Waals surface area contributed by atoms with Crippen molar-refractivity contribution < 1.29 is 19.2 Å². The van der Waals surface area contributed by atoms with Crippen LogP contribution in [0.25, 0.3) is 0 Å². The molecule has 1 aromatic carbocycles. The molecule has 2 heterocycles. The third-order valence-electron chi connectivity index (χ3n) is 4.56. The van der Waals surface area contributed by atoms with Gasteiger partial charge in [-0.05, 0) is 31.5 Å². The van der Waals surface area contributed by atoms with E-state index in [4.69, 9.17) is 4.74 Å². The van der Waals surface area contributed by atoms with E-state index in [1.807, 2.05) is 6.92 Å². The Morgan fingerprint density at radius 3 is 2.71 bits per heavy atom. The molecule has 0 fully saturated rings. The van der Waals surface area contributed by atoms with Crippen molar-refractivity contribution in [1.29, 1.82) is 0 Å². The molecular weight excluding hydrogens is 366 g/mol. The highest BCUT2D eigenvalue weighted by molar-refractivity contribution is 6.03. The third kappa shape index (κ3) is 3.51. The van der Waals surface area contributed by atoms with E-state index in [1.54, 1.807) is 23.1 Å². The van der Waals surface area contributed by atoms with Crippen LogP contribution in [0.1, 0.15) is 36.7 Å². The van der Waals surface area contributed by atoms with Crippen molar-refractivity contribution in [2.24, 2.45) is 0 Å². The summed E-state index contributed by atoms with van der Waals surface area (Å²) >= 11 is 0. The minimum Gasteiger partial charge on any atom is -0.482 e. The summed E-state index contributed by atoms with van der Waals surface area (Å²) in [5, 5.41) is 11.0. The molecule has 9 nitrogen and oxygen atoms in total. The number of nitro groups is 1. The zero-order valence-corrected chi connectivity index (χ0v) is 15.5. The quantitative estimate of drug-likeness (QED) is 0.429. The van der Waals surface area contributed by atoms with E-state index in [9.17, 15) is 24.5 Å². The number of carbonyl (C=O) groups is 2. The normalized spacial score (nSPS) is 14.2. The molecule has 1 aliphatic heterocycles. The van der Waals surface area contributed by atoms with Crippen molar-refractivity contribution >= 4 is 23.1 Å². The van der Waals surface area contributed by atoms with E-state index < -0.39 is 22.3 Å². The van der Waals surface area contributed by atoms with Gasteiger partial charge in [0.15, 0.2) is 12.4 Å². The number of carbonyl (C=O) groups excluding carboxylic acids is 2. The second-order valence-corrected chi connectivity index (χ2v) is 6.45. The highest BCUT2D eigenvalue weighted by Crippen LogP contribution is 2.34. The lowest BCUT2D eigenvalue weighted by Gasteiger charge is -2.29. The molecule has 146 valence electrons. The van der Waals surface area contributed by atoms with Crippen LogP contribution < -0.4 is 15.2 Å². The first-order valence-corrected chi connectivity index (χ1v) is 8.81. The van der Waals surface area contributed by atoms with E-state index in [0.29, 0.717) is 18.0 Å². The molecule has 1 amide bonds. The number of amides is 1. The maximum atomic E-state index is 12.9. The molecule has 1 aliphatic rings. The number of fused-ring (bicyclic) bond motifs is 1. The fraction of sp³-hybridized carbons (Fsp3) is 0.316. The lowest BCUT2D eigenvalue weighted by molar-refractivity contribution is -0.385. The van der Waals surface area contributed by atoms with E-state index in [1.165, 1.54) is 6.92 Å². The predicted molar refractivity (Wildman–Crippen MR) is 101 cm³/mol. The molecule has 0 N–H and O–H groups in total. The lowest BCUT2D eigenvalue weighted by atomic mass is 10.0. The standard InChI is InChI=1S/C19H19N3O6/c1-3-8-20-15-9-13(4-6-16(15)28-11-18(20)24)19(25)12(2)21-10-14(22(26)27)5-7-17(21)23/h4-7,9-10,12H,3,8,11H2,1-2H3. The summed E-state index contributed by atoms with van der Waals surface area (Å²) < 4.78 is 6.45. The minimum absolute atomic E-state index is 0.0558. The monoisotopic (exact) mass is 385 g/mol. The molecular formula is C19H19N3O6. The van der Waals surface area contributed by atoms with Crippen molar-refractivity contribution in [2.45, 2.75) is 26.3 Å². The van der Waals surface area contributed by atoms with Crippen LogP contribution in [0.3, 0.4) is 0 Å². The Bertz CT molecular complexity index is 1010. The fourth-order valence-electron chi connectivity index (χ4n) is 3.09. The van der Waals surface area contributed by atoms with Gasteiger partial charge >= 0.3 is 0 Å². The number of nitrogens with zero attached hydrogens (tertiary/aromatic N) is 3. The number of hydrogen-bond donors (Lipinski definition) is 0. The summed E-state index contributed by atoms with van der Waals surface area (Å²) in [5.74, 6) is -0.0912. The number of hydrogen-bond acceptors (Lipinski definition) is 6. The lowest BCUT2D eigenvalue weighted by Crippen LogP contribution is -2.39. The SMILES string of the molecule is CCCN1C(=O)COc2ccc(C(=O)C(C)n3cc([N+](=O)[O-])ccc3=O)cc21. The molecule has 2 aromatic rings. The first-order chi connectivity index (χ1) is 13.3. The molecule has 0 bridgehead atoms. The number of pyridine rings is 1. The van der Waals surface area contributed by atoms with Gasteiger partial charge in [-0.25, -0.2) is 0 Å². The Labute approximate surface area is 160 Å². The summed E-state index contributed by atoms with van der Waals surface area (Å²) in [6.07, 6.45) is 1.79. The molecule has 28 heavy (non-hydrogen) atoms. The maximum absolute atomic E-state index is 12.9. The summed E-state index contributed by atoms with van der Waals surface area (Å²) in [6.45, 7) is 3.87. The minimum atomic E-state index is -0.953. The highest BCUT2D eigenvalue weighted by Gasteiger charge is 2.27. The fourth-order valence-corrected chi connectivity index (χ4v) is 3.09. The molecule has 0 radical (unpaired) electrons. The molecule has 9 heteroatoms. The van der Waals surface area contributed by atoms with Gasteiger partial charge in [-0.1, -0.05) is 6.92 Å². The van der Waals surface area contributed by atoms with Crippen LogP contribution in [0.15, 0.2) is 41.3 Å². The Morgan fingerprint density at radius 2 is 2.04 bits per heavy atom. The number of ether oxygens (including phenoxy) is 1. The van der Waals surface area contributed by atoms with E-state index >= 15 is 0 Å². The molecule has 1 aromatic heterocycles. The van der Waals surface area contributed by atoms with Crippen LogP contribution in [0.2, 0.25) is 0 Å². The molecule has 0 saturated carbocycles. The zero-order chi connectivity index (χ0) is 20.4. The first kappa shape index (κ1) is 19.3. The van der Waals surface area contributed by atoms with Crippen LogP contribution in [0, 0.1) is 10.1 Å². The van der Waals surface area contributed by atoms with Crippen LogP contribution in [0.5, 0.6) is 5.75 Å². The number of ketones is 1. The molecule has 1 atom stereocenters. The number of anilines is 1. The van der Waals surface area contributed by atoms with Gasteiger partial charge in [0.25, 0.3) is 17.2 Å². The second-order valence-electron chi connectivity index (χ2n) is 6.45. The Kier molecular flexibility index (Phi) is 5.25. The van der Waals surface area contributed by atoms with Crippen LogP contribution in [0.4, 0.5) is 11.4 Å².